The number of esters is 1. The van der Waals surface area contributed by atoms with Crippen LogP contribution in [0.2, 0.25) is 0 Å². The molecule has 0 saturated heterocycles. The Labute approximate surface area is 157 Å². The van der Waals surface area contributed by atoms with Crippen LogP contribution < -0.4 is 5.32 Å². The number of thiazole rings is 1. The van der Waals surface area contributed by atoms with Crippen molar-refractivity contribution in [1.29, 1.82) is 0 Å². The predicted molar refractivity (Wildman–Crippen MR) is 97.7 cm³/mol. The van der Waals surface area contributed by atoms with Crippen molar-refractivity contribution >= 4 is 45.9 Å². The molecule has 11 heteroatoms. The van der Waals surface area contributed by atoms with Crippen LogP contribution in [-0.2, 0) is 9.53 Å². The second-order valence-electron chi connectivity index (χ2n) is 5.23. The minimum atomic E-state index is -0.431. The Hall–Kier alpha value is -2.53. The third kappa shape index (κ3) is 3.99. The first-order valence-electron chi connectivity index (χ1n) is 7.72. The second-order valence-corrected chi connectivity index (χ2v) is 7.22. The fraction of sp³-hybridized carbons (Fsp3) is 0.333. The lowest BCUT2D eigenvalue weighted by Crippen LogP contribution is -2.14. The maximum absolute atomic E-state index is 12.2. The van der Waals surface area contributed by atoms with Crippen LogP contribution >= 0.6 is 23.1 Å². The highest BCUT2D eigenvalue weighted by Crippen LogP contribution is 2.24. The van der Waals surface area contributed by atoms with Gasteiger partial charge in [0, 0.05) is 5.69 Å². The van der Waals surface area contributed by atoms with Crippen molar-refractivity contribution in [1.82, 2.24) is 24.6 Å². The van der Waals surface area contributed by atoms with E-state index in [1.807, 2.05) is 13.0 Å². The number of aromatic nitrogens is 5. The Morgan fingerprint density at radius 3 is 2.92 bits per heavy atom. The number of ether oxygens (including phenoxy) is 1. The maximum Gasteiger partial charge on any atom is 0.350 e. The average molecular weight is 392 g/mol. The number of hydrogen-bond donors (Lipinski definition) is 1. The van der Waals surface area contributed by atoms with Gasteiger partial charge in [0.05, 0.1) is 23.1 Å². The molecule has 0 aromatic carbocycles. The average Bonchev–Trinajstić information content (AvgIpc) is 3.19. The topological polar surface area (TPSA) is 111 Å². The number of anilines is 1. The lowest BCUT2D eigenvalue weighted by molar-refractivity contribution is -0.113. The number of nitrogens with zero attached hydrogens (tertiary/aromatic N) is 5. The molecule has 0 aliphatic carbocycles. The van der Waals surface area contributed by atoms with Crippen molar-refractivity contribution in [3.8, 4) is 0 Å². The van der Waals surface area contributed by atoms with Crippen molar-refractivity contribution in [2.45, 2.75) is 25.8 Å². The first-order chi connectivity index (χ1) is 12.5. The summed E-state index contributed by atoms with van der Waals surface area (Å²) in [6.07, 6.45) is 1.55. The van der Waals surface area contributed by atoms with Gasteiger partial charge in [0.2, 0.25) is 5.91 Å². The Balaban J connectivity index is 1.65. The molecule has 0 radical (unpaired) electrons. The minimum absolute atomic E-state index is 0.171. The summed E-state index contributed by atoms with van der Waals surface area (Å²) in [6, 6.07) is 1.86. The highest BCUT2D eigenvalue weighted by atomic mass is 32.2. The Kier molecular flexibility index (Phi) is 5.47. The number of aryl methyl sites for hydroxylation is 2. The molecule has 3 aromatic rings. The molecule has 0 saturated carbocycles. The van der Waals surface area contributed by atoms with Crippen LogP contribution in [0.4, 0.5) is 5.13 Å². The largest absolute Gasteiger partial charge is 0.462 e. The van der Waals surface area contributed by atoms with E-state index in [1.165, 1.54) is 11.8 Å². The fourth-order valence-electron chi connectivity index (χ4n) is 2.14. The van der Waals surface area contributed by atoms with Gasteiger partial charge >= 0.3 is 5.97 Å². The maximum atomic E-state index is 12.2. The van der Waals surface area contributed by atoms with Crippen molar-refractivity contribution in [3.05, 3.63) is 28.7 Å². The summed E-state index contributed by atoms with van der Waals surface area (Å²) in [5.41, 5.74) is 1.33. The highest BCUT2D eigenvalue weighted by Gasteiger charge is 2.18. The van der Waals surface area contributed by atoms with Gasteiger partial charge in [-0.15, -0.1) is 10.2 Å². The van der Waals surface area contributed by atoms with Crippen molar-refractivity contribution in [2.24, 2.45) is 0 Å². The van der Waals surface area contributed by atoms with Crippen LogP contribution in [0.3, 0.4) is 0 Å². The van der Waals surface area contributed by atoms with E-state index in [9.17, 15) is 9.59 Å². The van der Waals surface area contributed by atoms with Crippen LogP contribution in [-0.4, -0.2) is 48.8 Å². The van der Waals surface area contributed by atoms with Gasteiger partial charge in [-0.3, -0.25) is 9.20 Å². The molecule has 9 nitrogen and oxygen atoms in total. The number of rotatable bonds is 6. The van der Waals surface area contributed by atoms with Crippen LogP contribution in [0.5, 0.6) is 0 Å². The molecule has 3 rings (SSSR count). The van der Waals surface area contributed by atoms with E-state index in [4.69, 9.17) is 4.74 Å². The number of fused-ring (bicyclic) bond motifs is 1. The van der Waals surface area contributed by atoms with Crippen LogP contribution in [0.25, 0.3) is 5.78 Å². The van der Waals surface area contributed by atoms with Gasteiger partial charge in [-0.1, -0.05) is 23.1 Å². The first-order valence-corrected chi connectivity index (χ1v) is 9.52. The summed E-state index contributed by atoms with van der Waals surface area (Å²) in [5.74, 6) is 0.00131. The number of amides is 1. The molecular formula is C15H16N6O3S2. The zero-order valence-corrected chi connectivity index (χ0v) is 16.0. The standard InChI is InChI=1S/C15H16N6O3S2/c1-4-24-13(23)12-9(3)18-15(26-12)19-10(22)6-25-11-5-8(2)17-14-20-16-7-21(11)14/h5,7H,4,6H2,1-3H3,(H,18,19,22). The molecule has 3 aromatic heterocycles. The van der Waals surface area contributed by atoms with E-state index in [0.717, 1.165) is 22.1 Å². The van der Waals surface area contributed by atoms with Crippen molar-refractivity contribution in [3.63, 3.8) is 0 Å². The molecule has 0 fully saturated rings. The van der Waals surface area contributed by atoms with Crippen molar-refractivity contribution in [2.75, 3.05) is 17.7 Å². The van der Waals surface area contributed by atoms with E-state index < -0.39 is 5.97 Å². The highest BCUT2D eigenvalue weighted by molar-refractivity contribution is 7.99. The van der Waals surface area contributed by atoms with Crippen LogP contribution in [0.1, 0.15) is 28.0 Å². The summed E-state index contributed by atoms with van der Waals surface area (Å²) in [6.45, 7) is 5.59. The summed E-state index contributed by atoms with van der Waals surface area (Å²) in [4.78, 5) is 32.9. The van der Waals surface area contributed by atoms with E-state index >= 15 is 0 Å². The lowest BCUT2D eigenvalue weighted by atomic mass is 10.4. The number of carbonyl (C=O) groups is 2. The molecule has 3 heterocycles. The Bertz CT molecular complexity index is 968. The van der Waals surface area contributed by atoms with Crippen LogP contribution in [0, 0.1) is 13.8 Å². The summed E-state index contributed by atoms with van der Waals surface area (Å²) >= 11 is 2.44. The molecule has 1 amide bonds. The third-order valence-corrected chi connectivity index (χ3v) is 5.30. The summed E-state index contributed by atoms with van der Waals surface area (Å²) in [5, 5.41) is 11.6. The minimum Gasteiger partial charge on any atom is -0.462 e. The molecule has 0 aliphatic rings. The van der Waals surface area contributed by atoms with Crippen LogP contribution in [0.15, 0.2) is 17.4 Å². The molecule has 0 aliphatic heterocycles. The van der Waals surface area contributed by atoms with Crippen molar-refractivity contribution < 1.29 is 14.3 Å². The Morgan fingerprint density at radius 2 is 2.15 bits per heavy atom. The van der Waals surface area contributed by atoms with Gasteiger partial charge in [-0.25, -0.2) is 14.8 Å². The van der Waals surface area contributed by atoms with Gasteiger partial charge in [0.25, 0.3) is 5.78 Å². The predicted octanol–water partition coefficient (Wildman–Crippen LogP) is 2.11. The van der Waals surface area contributed by atoms with E-state index in [1.54, 1.807) is 24.6 Å². The number of thioether (sulfide) groups is 1. The molecule has 0 unspecified atom stereocenters. The van der Waals surface area contributed by atoms with Gasteiger partial charge in [0.15, 0.2) is 5.13 Å². The zero-order valence-electron chi connectivity index (χ0n) is 14.3. The SMILES string of the molecule is CCOC(=O)c1sc(NC(=O)CSc2cc(C)nc3nncn23)nc1C. The molecule has 136 valence electrons. The van der Waals surface area contributed by atoms with Gasteiger partial charge in [-0.2, -0.15) is 0 Å². The summed E-state index contributed by atoms with van der Waals surface area (Å²) < 4.78 is 6.69. The molecule has 1 N–H and O–H groups in total. The van der Waals surface area contributed by atoms with E-state index in [0.29, 0.717) is 21.5 Å². The fourth-order valence-corrected chi connectivity index (χ4v) is 3.89. The summed E-state index contributed by atoms with van der Waals surface area (Å²) in [7, 11) is 0. The molecule has 0 spiro atoms. The lowest BCUT2D eigenvalue weighted by Gasteiger charge is -2.05. The van der Waals surface area contributed by atoms with Gasteiger partial charge in [-0.05, 0) is 26.8 Å². The third-order valence-electron chi connectivity index (χ3n) is 3.23. The van der Waals surface area contributed by atoms with Gasteiger partial charge in [0.1, 0.15) is 11.2 Å². The van der Waals surface area contributed by atoms with E-state index in [2.05, 4.69) is 25.5 Å². The quantitative estimate of drug-likeness (QED) is 0.386. The second kappa shape index (κ2) is 7.79. The number of nitrogens with one attached hydrogen (secondary N) is 1. The normalized spacial score (nSPS) is 10.9. The monoisotopic (exact) mass is 392 g/mol. The van der Waals surface area contributed by atoms with E-state index in [-0.39, 0.29) is 18.3 Å². The number of carbonyl (C=O) groups excluding carboxylic acids is 2. The molecule has 0 atom stereocenters. The number of hydrogen-bond acceptors (Lipinski definition) is 9. The Morgan fingerprint density at radius 1 is 1.35 bits per heavy atom. The molecule has 26 heavy (non-hydrogen) atoms. The molecule has 0 bridgehead atoms. The zero-order chi connectivity index (χ0) is 18.7. The first kappa shape index (κ1) is 18.3. The van der Waals surface area contributed by atoms with Gasteiger partial charge < -0.3 is 10.1 Å². The smallest absolute Gasteiger partial charge is 0.350 e. The molecular weight excluding hydrogens is 376 g/mol.